The average molecular weight is 439 g/mol. The number of halogens is 2. The maximum atomic E-state index is 13.7. The summed E-state index contributed by atoms with van der Waals surface area (Å²) in [4.78, 5) is 11.0. The van der Waals surface area contributed by atoms with Crippen molar-refractivity contribution in [2.45, 2.75) is 18.9 Å². The highest BCUT2D eigenvalue weighted by Gasteiger charge is 2.30. The SMILES string of the molecule is COc1ncc(F)cc1C1CCCN1c1ccn2ncc(I)c2n1. The molecule has 124 valence electrons. The standard InChI is InChI=1S/C16H15FIN5O/c1-24-16-11(7-10(17)8-19-16)13-3-2-5-22(13)14-4-6-23-15(21-14)12(18)9-20-23/h4,6-9,13H,2-3,5H2,1H3. The van der Waals surface area contributed by atoms with Crippen LogP contribution < -0.4 is 9.64 Å². The van der Waals surface area contributed by atoms with Gasteiger partial charge < -0.3 is 9.64 Å². The van der Waals surface area contributed by atoms with Gasteiger partial charge in [0.15, 0.2) is 5.65 Å². The van der Waals surface area contributed by atoms with Crippen molar-refractivity contribution in [3.63, 3.8) is 0 Å². The minimum Gasteiger partial charge on any atom is -0.481 e. The van der Waals surface area contributed by atoms with E-state index in [2.05, 4.69) is 37.6 Å². The number of fused-ring (bicyclic) bond motifs is 1. The summed E-state index contributed by atoms with van der Waals surface area (Å²) >= 11 is 2.22. The van der Waals surface area contributed by atoms with Gasteiger partial charge >= 0.3 is 0 Å². The topological polar surface area (TPSA) is 55.5 Å². The lowest BCUT2D eigenvalue weighted by Crippen LogP contribution is -2.24. The Kier molecular flexibility index (Phi) is 3.99. The first-order chi connectivity index (χ1) is 11.7. The van der Waals surface area contributed by atoms with Gasteiger partial charge in [0.2, 0.25) is 5.88 Å². The van der Waals surface area contributed by atoms with E-state index in [1.54, 1.807) is 17.8 Å². The molecule has 0 bridgehead atoms. The summed E-state index contributed by atoms with van der Waals surface area (Å²) in [5.41, 5.74) is 1.59. The van der Waals surface area contributed by atoms with E-state index in [1.807, 2.05) is 12.3 Å². The first kappa shape index (κ1) is 15.6. The molecule has 1 atom stereocenters. The fourth-order valence-corrected chi connectivity index (χ4v) is 3.70. The van der Waals surface area contributed by atoms with Crippen molar-refractivity contribution in [2.24, 2.45) is 0 Å². The fourth-order valence-electron chi connectivity index (χ4n) is 3.21. The molecular weight excluding hydrogens is 424 g/mol. The number of nitrogens with zero attached hydrogens (tertiary/aromatic N) is 5. The molecule has 3 aromatic heterocycles. The molecule has 0 aromatic carbocycles. The highest BCUT2D eigenvalue weighted by atomic mass is 127. The Labute approximate surface area is 151 Å². The van der Waals surface area contributed by atoms with E-state index in [0.29, 0.717) is 5.88 Å². The van der Waals surface area contributed by atoms with Gasteiger partial charge in [-0.3, -0.25) is 0 Å². The normalized spacial score (nSPS) is 17.6. The number of pyridine rings is 1. The molecular formula is C16H15FIN5O. The summed E-state index contributed by atoms with van der Waals surface area (Å²) in [6, 6.07) is 3.45. The van der Waals surface area contributed by atoms with Gasteiger partial charge in [-0.1, -0.05) is 0 Å². The third-order valence-electron chi connectivity index (χ3n) is 4.26. The van der Waals surface area contributed by atoms with Crippen molar-refractivity contribution in [3.05, 3.63) is 45.7 Å². The van der Waals surface area contributed by atoms with Crippen molar-refractivity contribution in [1.82, 2.24) is 19.6 Å². The molecule has 0 saturated carbocycles. The molecule has 1 fully saturated rings. The lowest BCUT2D eigenvalue weighted by atomic mass is 10.1. The summed E-state index contributed by atoms with van der Waals surface area (Å²) in [5.74, 6) is 0.967. The zero-order chi connectivity index (χ0) is 16.7. The number of methoxy groups -OCH3 is 1. The molecule has 0 aliphatic carbocycles. The number of hydrogen-bond donors (Lipinski definition) is 0. The molecule has 8 heteroatoms. The summed E-state index contributed by atoms with van der Waals surface area (Å²) in [7, 11) is 1.56. The van der Waals surface area contributed by atoms with Gasteiger partial charge in [0.05, 0.1) is 29.1 Å². The second kappa shape index (κ2) is 6.15. The second-order valence-corrected chi connectivity index (χ2v) is 6.81. The van der Waals surface area contributed by atoms with Crippen LogP contribution in [0.15, 0.2) is 30.7 Å². The van der Waals surface area contributed by atoms with E-state index in [0.717, 1.165) is 40.0 Å². The van der Waals surface area contributed by atoms with E-state index < -0.39 is 0 Å². The molecule has 6 nitrogen and oxygen atoms in total. The van der Waals surface area contributed by atoms with E-state index in [-0.39, 0.29) is 11.9 Å². The van der Waals surface area contributed by atoms with Gasteiger partial charge in [-0.25, -0.2) is 18.9 Å². The van der Waals surface area contributed by atoms with Gasteiger partial charge in [-0.05, 0) is 47.6 Å². The summed E-state index contributed by atoms with van der Waals surface area (Å²) < 4.78 is 21.8. The number of rotatable bonds is 3. The molecule has 0 N–H and O–H groups in total. The van der Waals surface area contributed by atoms with Crippen molar-refractivity contribution in [2.75, 3.05) is 18.6 Å². The highest BCUT2D eigenvalue weighted by molar-refractivity contribution is 14.1. The average Bonchev–Trinajstić information content (AvgIpc) is 3.22. The number of hydrogen-bond acceptors (Lipinski definition) is 5. The van der Waals surface area contributed by atoms with Crippen LogP contribution in [0.3, 0.4) is 0 Å². The number of anilines is 1. The first-order valence-electron chi connectivity index (χ1n) is 7.63. The Morgan fingerprint density at radius 3 is 3.08 bits per heavy atom. The molecule has 24 heavy (non-hydrogen) atoms. The van der Waals surface area contributed by atoms with Crippen LogP contribution >= 0.6 is 22.6 Å². The highest BCUT2D eigenvalue weighted by Crippen LogP contribution is 2.38. The molecule has 0 spiro atoms. The lowest BCUT2D eigenvalue weighted by Gasteiger charge is -2.26. The van der Waals surface area contributed by atoms with Gasteiger partial charge in [0, 0.05) is 18.3 Å². The molecule has 4 rings (SSSR count). The zero-order valence-corrected chi connectivity index (χ0v) is 15.1. The molecule has 3 aromatic rings. The Bertz CT molecular complexity index is 899. The molecule has 4 heterocycles. The number of ether oxygens (including phenoxy) is 1. The van der Waals surface area contributed by atoms with E-state index >= 15 is 0 Å². The maximum Gasteiger partial charge on any atom is 0.218 e. The van der Waals surface area contributed by atoms with Crippen LogP contribution in [0.4, 0.5) is 10.2 Å². The monoisotopic (exact) mass is 439 g/mol. The van der Waals surface area contributed by atoms with Crippen LogP contribution in [-0.4, -0.2) is 33.2 Å². The van der Waals surface area contributed by atoms with Gasteiger partial charge in [0.25, 0.3) is 0 Å². The summed E-state index contributed by atoms with van der Waals surface area (Å²) in [5, 5.41) is 4.25. The quantitative estimate of drug-likeness (QED) is 0.587. The van der Waals surface area contributed by atoms with Gasteiger partial charge in [-0.15, -0.1) is 0 Å². The predicted octanol–water partition coefficient (Wildman–Crippen LogP) is 3.22. The maximum absolute atomic E-state index is 13.7. The third-order valence-corrected chi connectivity index (χ3v) is 5.02. The van der Waals surface area contributed by atoms with Crippen LogP contribution in [0.25, 0.3) is 5.65 Å². The van der Waals surface area contributed by atoms with E-state index in [1.165, 1.54) is 12.3 Å². The third kappa shape index (κ3) is 2.58. The Balaban J connectivity index is 1.76. The first-order valence-corrected chi connectivity index (χ1v) is 8.71. The van der Waals surface area contributed by atoms with Gasteiger partial charge in [0.1, 0.15) is 11.6 Å². The fraction of sp³-hybridized carbons (Fsp3) is 0.312. The van der Waals surface area contributed by atoms with Crippen LogP contribution in [0, 0.1) is 9.39 Å². The summed E-state index contributed by atoms with van der Waals surface area (Å²) in [6.07, 6.45) is 6.78. The van der Waals surface area contributed by atoms with Crippen LogP contribution in [-0.2, 0) is 0 Å². The Morgan fingerprint density at radius 2 is 2.25 bits per heavy atom. The zero-order valence-electron chi connectivity index (χ0n) is 13.0. The van der Waals surface area contributed by atoms with Crippen LogP contribution in [0.2, 0.25) is 0 Å². The van der Waals surface area contributed by atoms with Crippen molar-refractivity contribution in [1.29, 1.82) is 0 Å². The molecule has 0 radical (unpaired) electrons. The summed E-state index contributed by atoms with van der Waals surface area (Å²) in [6.45, 7) is 0.859. The van der Waals surface area contributed by atoms with Crippen LogP contribution in [0.1, 0.15) is 24.4 Å². The van der Waals surface area contributed by atoms with E-state index in [4.69, 9.17) is 9.72 Å². The second-order valence-electron chi connectivity index (χ2n) is 5.65. The molecule has 0 amide bonds. The van der Waals surface area contributed by atoms with Crippen molar-refractivity contribution in [3.8, 4) is 5.88 Å². The lowest BCUT2D eigenvalue weighted by molar-refractivity contribution is 0.385. The molecule has 1 aliphatic rings. The van der Waals surface area contributed by atoms with Crippen LogP contribution in [0.5, 0.6) is 5.88 Å². The largest absolute Gasteiger partial charge is 0.481 e. The van der Waals surface area contributed by atoms with E-state index in [9.17, 15) is 4.39 Å². The predicted molar refractivity (Wildman–Crippen MR) is 95.8 cm³/mol. The van der Waals surface area contributed by atoms with Crippen molar-refractivity contribution < 1.29 is 9.13 Å². The molecule has 1 saturated heterocycles. The minimum absolute atomic E-state index is 0.00122. The van der Waals surface area contributed by atoms with Gasteiger partial charge in [-0.2, -0.15) is 5.10 Å². The Morgan fingerprint density at radius 1 is 1.38 bits per heavy atom. The Hall–Kier alpha value is -1.97. The number of aromatic nitrogens is 4. The molecule has 1 unspecified atom stereocenters. The van der Waals surface area contributed by atoms with Crippen molar-refractivity contribution >= 4 is 34.1 Å². The smallest absolute Gasteiger partial charge is 0.218 e. The molecule has 1 aliphatic heterocycles. The minimum atomic E-state index is -0.355.